The summed E-state index contributed by atoms with van der Waals surface area (Å²) in [5, 5.41) is 8.17. The van der Waals surface area contributed by atoms with E-state index in [0.717, 1.165) is 53.5 Å². The minimum Gasteiger partial charge on any atom is -0.406 e. The third-order valence-electron chi connectivity index (χ3n) is 7.55. The van der Waals surface area contributed by atoms with Crippen LogP contribution in [0.15, 0.2) is 78.0 Å². The minimum absolute atomic E-state index is 0.277. The highest BCUT2D eigenvalue weighted by Gasteiger charge is 2.31. The first-order valence-corrected chi connectivity index (χ1v) is 15.8. The second-order valence-corrected chi connectivity index (χ2v) is 12.0. The first-order valence-electron chi connectivity index (χ1n) is 14.8. The number of aliphatic imine (C=N–C) groups is 1. The molecule has 5 rings (SSSR count). The van der Waals surface area contributed by atoms with Crippen molar-refractivity contribution >= 4 is 28.6 Å². The Kier molecular flexibility index (Phi) is 10.1. The van der Waals surface area contributed by atoms with E-state index in [4.69, 9.17) is 0 Å². The molecule has 0 bridgehead atoms. The number of alkyl halides is 3. The van der Waals surface area contributed by atoms with Crippen LogP contribution < -0.4 is 15.0 Å². The van der Waals surface area contributed by atoms with Gasteiger partial charge in [0.15, 0.2) is 11.0 Å². The smallest absolute Gasteiger partial charge is 0.406 e. The lowest BCUT2D eigenvalue weighted by molar-refractivity contribution is -0.274. The van der Waals surface area contributed by atoms with E-state index in [0.29, 0.717) is 18.1 Å². The Morgan fingerprint density at radius 3 is 2.47 bits per heavy atom. The van der Waals surface area contributed by atoms with Crippen molar-refractivity contribution in [2.75, 3.05) is 23.7 Å². The van der Waals surface area contributed by atoms with Crippen LogP contribution in [0.3, 0.4) is 0 Å². The van der Waals surface area contributed by atoms with Crippen LogP contribution >= 0.6 is 11.8 Å². The molecule has 4 aromatic rings. The monoisotopic (exact) mass is 636 g/mol. The summed E-state index contributed by atoms with van der Waals surface area (Å²) in [6.45, 7) is 7.71. The number of anilines is 1. The number of para-hydroxylation sites is 1. The van der Waals surface area contributed by atoms with Crippen molar-refractivity contribution in [2.24, 2.45) is 4.99 Å². The number of aromatic nitrogens is 3. The number of rotatable bonds is 9. The number of carbonyl (C=O) groups is 1. The number of hydrogen-bond donors (Lipinski definition) is 1. The maximum atomic E-state index is 12.7. The fourth-order valence-corrected chi connectivity index (χ4v) is 6.21. The zero-order valence-corrected chi connectivity index (χ0v) is 26.2. The van der Waals surface area contributed by atoms with Crippen LogP contribution in [0.5, 0.6) is 5.75 Å². The number of benzene rings is 3. The molecule has 1 unspecified atom stereocenters. The molecular weight excluding hydrogens is 601 g/mol. The molecule has 1 fully saturated rings. The summed E-state index contributed by atoms with van der Waals surface area (Å²) in [4.78, 5) is 23.6. The molecule has 1 aliphatic heterocycles. The Labute approximate surface area is 264 Å². The van der Waals surface area contributed by atoms with Crippen molar-refractivity contribution in [3.8, 4) is 22.8 Å². The molecule has 8 nitrogen and oxygen atoms in total. The lowest BCUT2D eigenvalue weighted by Crippen LogP contribution is -2.36. The van der Waals surface area contributed by atoms with Crippen molar-refractivity contribution in [1.82, 2.24) is 20.1 Å². The third-order valence-corrected chi connectivity index (χ3v) is 8.61. The molecule has 2 heterocycles. The zero-order valence-electron chi connectivity index (χ0n) is 25.3. The van der Waals surface area contributed by atoms with Crippen LogP contribution in [0.2, 0.25) is 0 Å². The van der Waals surface area contributed by atoms with Gasteiger partial charge in [-0.15, -0.1) is 18.3 Å². The number of nitrogens with zero attached hydrogens (tertiary/aromatic N) is 5. The molecule has 0 saturated carbocycles. The Morgan fingerprint density at radius 2 is 1.78 bits per heavy atom. The summed E-state index contributed by atoms with van der Waals surface area (Å²) < 4.78 is 42.7. The van der Waals surface area contributed by atoms with Gasteiger partial charge in [-0.2, -0.15) is 4.99 Å². The normalized spacial score (nSPS) is 15.2. The molecule has 1 aromatic heterocycles. The van der Waals surface area contributed by atoms with Gasteiger partial charge in [-0.3, -0.25) is 0 Å². The molecule has 1 aliphatic rings. The average Bonchev–Trinajstić information content (AvgIpc) is 3.50. The van der Waals surface area contributed by atoms with Gasteiger partial charge >= 0.3 is 12.4 Å². The van der Waals surface area contributed by atoms with E-state index in [9.17, 15) is 18.0 Å². The number of carbonyl (C=O) groups excluding carboxylic acids is 1. The topological polar surface area (TPSA) is 84.6 Å². The Hall–Kier alpha value is -4.32. The number of urea groups is 1. The summed E-state index contributed by atoms with van der Waals surface area (Å²) in [5.74, 6) is 1.42. The van der Waals surface area contributed by atoms with Crippen molar-refractivity contribution < 1.29 is 22.7 Å². The number of thioether (sulfide) groups is 1. The van der Waals surface area contributed by atoms with Gasteiger partial charge in [0.25, 0.3) is 0 Å². The molecule has 236 valence electrons. The highest BCUT2D eigenvalue weighted by molar-refractivity contribution is 8.14. The van der Waals surface area contributed by atoms with Crippen molar-refractivity contribution in [1.29, 1.82) is 0 Å². The summed E-state index contributed by atoms with van der Waals surface area (Å²) in [6.07, 6.45) is -0.486. The standard InChI is InChI=1S/C33H35F3N6O2S/c1-22(9-5-18-37-31(43)39-32-41(19-6-20-45-32)29-23(2)7-4-8-24(29)3)25-10-12-26(13-11-25)30-38-21-42(40-30)27-14-16-28(17-15-27)44-33(34,35)36/h4,7-8,10-17,21-22H,5-6,9,18-20H2,1-3H3,(H,37,43). The van der Waals surface area contributed by atoms with Gasteiger partial charge in [0.2, 0.25) is 0 Å². The minimum atomic E-state index is -4.74. The Balaban J connectivity index is 1.11. The molecule has 0 radical (unpaired) electrons. The van der Waals surface area contributed by atoms with Crippen LogP contribution in [0, 0.1) is 13.8 Å². The highest BCUT2D eigenvalue weighted by Crippen LogP contribution is 2.31. The maximum Gasteiger partial charge on any atom is 0.573 e. The maximum absolute atomic E-state index is 12.7. The quantitative estimate of drug-likeness (QED) is 0.187. The molecule has 12 heteroatoms. The largest absolute Gasteiger partial charge is 0.573 e. The van der Waals surface area contributed by atoms with Crippen LogP contribution in [0.1, 0.15) is 48.8 Å². The molecule has 1 atom stereocenters. The number of amidine groups is 1. The number of halogens is 3. The first kappa shape index (κ1) is 32.1. The molecular formula is C33H35F3N6O2S. The summed E-state index contributed by atoms with van der Waals surface area (Å²) in [7, 11) is 0. The van der Waals surface area contributed by atoms with Gasteiger partial charge in [-0.1, -0.05) is 61.2 Å². The number of nitrogens with one attached hydrogen (secondary N) is 1. The highest BCUT2D eigenvalue weighted by atomic mass is 32.2. The number of amides is 2. The fourth-order valence-electron chi connectivity index (χ4n) is 5.27. The van der Waals surface area contributed by atoms with E-state index in [1.54, 1.807) is 11.8 Å². The molecule has 1 N–H and O–H groups in total. The summed E-state index contributed by atoms with van der Waals surface area (Å²) >= 11 is 1.62. The second kappa shape index (κ2) is 14.2. The van der Waals surface area contributed by atoms with Gasteiger partial charge in [0.05, 0.1) is 5.69 Å². The van der Waals surface area contributed by atoms with E-state index in [2.05, 4.69) is 62.9 Å². The third kappa shape index (κ3) is 8.44. The van der Waals surface area contributed by atoms with E-state index in [1.807, 2.05) is 30.3 Å². The molecule has 45 heavy (non-hydrogen) atoms. The van der Waals surface area contributed by atoms with E-state index in [1.165, 1.54) is 46.4 Å². The van der Waals surface area contributed by atoms with Gasteiger partial charge in [-0.05, 0) is 80.0 Å². The van der Waals surface area contributed by atoms with Crippen molar-refractivity contribution in [3.05, 3.63) is 89.7 Å². The van der Waals surface area contributed by atoms with Crippen molar-refractivity contribution in [2.45, 2.75) is 52.3 Å². The van der Waals surface area contributed by atoms with Gasteiger partial charge in [0, 0.05) is 30.1 Å². The summed E-state index contributed by atoms with van der Waals surface area (Å²) in [5.41, 5.74) is 6.02. The average molecular weight is 637 g/mol. The van der Waals surface area contributed by atoms with Crippen molar-refractivity contribution in [3.63, 3.8) is 0 Å². The lowest BCUT2D eigenvalue weighted by Gasteiger charge is -2.31. The van der Waals surface area contributed by atoms with Crippen LogP contribution in [0.25, 0.3) is 17.1 Å². The first-order chi connectivity index (χ1) is 21.6. The molecule has 0 aliphatic carbocycles. The van der Waals surface area contributed by atoms with Gasteiger partial charge < -0.3 is 15.0 Å². The van der Waals surface area contributed by atoms with E-state index >= 15 is 0 Å². The zero-order chi connectivity index (χ0) is 32.0. The fraction of sp³-hybridized carbons (Fsp3) is 0.333. The van der Waals surface area contributed by atoms with Crippen LogP contribution in [-0.4, -0.2) is 51.2 Å². The molecule has 0 spiro atoms. The van der Waals surface area contributed by atoms with Crippen LogP contribution in [0.4, 0.5) is 23.7 Å². The second-order valence-electron chi connectivity index (χ2n) is 10.9. The molecule has 2 amide bonds. The predicted octanol–water partition coefficient (Wildman–Crippen LogP) is 8.04. The number of aryl methyl sites for hydroxylation is 2. The van der Waals surface area contributed by atoms with Gasteiger partial charge in [0.1, 0.15) is 12.1 Å². The number of ether oxygens (including phenoxy) is 1. The number of hydrogen-bond acceptors (Lipinski definition) is 5. The van der Waals surface area contributed by atoms with Gasteiger partial charge in [-0.25, -0.2) is 14.5 Å². The predicted molar refractivity (Wildman–Crippen MR) is 172 cm³/mol. The van der Waals surface area contributed by atoms with E-state index in [-0.39, 0.29) is 17.7 Å². The molecule has 3 aromatic carbocycles. The Bertz CT molecular complexity index is 1620. The molecule has 1 saturated heterocycles. The lowest BCUT2D eigenvalue weighted by atomic mass is 9.95. The SMILES string of the molecule is Cc1cccc(C)c1N1CCCSC1=NC(=O)NCCCC(C)c1ccc(-c2ncn(-c3ccc(OC(F)(F)F)cc3)n2)cc1. The summed E-state index contributed by atoms with van der Waals surface area (Å²) in [6, 6.07) is 19.3. The van der Waals surface area contributed by atoms with Crippen LogP contribution in [-0.2, 0) is 0 Å². The van der Waals surface area contributed by atoms with E-state index < -0.39 is 6.36 Å². The Morgan fingerprint density at radius 1 is 1.07 bits per heavy atom.